The third kappa shape index (κ3) is 3.99. The van der Waals surface area contributed by atoms with Crippen LogP contribution in [-0.4, -0.2) is 57.7 Å². The summed E-state index contributed by atoms with van der Waals surface area (Å²) in [6, 6.07) is 8.41. The molecule has 0 saturated carbocycles. The summed E-state index contributed by atoms with van der Waals surface area (Å²) < 4.78 is 2.35. The standard InChI is InChI=1S/C26H28BrN7O/c1-4-8-17-9-6-7-10-18(17)13-16(5-2)19-14-29-34-23(28)22(27)25(31-24(19)34)33-12-11-20-21(15-33)32(3)26(35)30-20/h4-10,13-14,20-21H,2,11-12,15,28H2,1,3H3,(H,30,35)/b8-4+,16-13+/t20-,21+/m0/s1. The Morgan fingerprint density at radius 3 is 2.83 bits per heavy atom. The Morgan fingerprint density at radius 1 is 1.31 bits per heavy atom. The van der Waals surface area contributed by atoms with Crippen LogP contribution < -0.4 is 16.0 Å². The molecular formula is C26H28BrN7O. The number of halogens is 1. The van der Waals surface area contributed by atoms with Crippen molar-refractivity contribution in [2.75, 3.05) is 30.8 Å². The lowest BCUT2D eigenvalue weighted by molar-refractivity contribution is 0.214. The Labute approximate surface area is 212 Å². The molecule has 0 aliphatic carbocycles. The lowest BCUT2D eigenvalue weighted by Crippen LogP contribution is -2.51. The highest BCUT2D eigenvalue weighted by Crippen LogP contribution is 2.36. The molecule has 2 saturated heterocycles. The van der Waals surface area contributed by atoms with E-state index in [1.54, 1.807) is 15.6 Å². The van der Waals surface area contributed by atoms with Crippen LogP contribution in [0.25, 0.3) is 23.4 Å². The van der Waals surface area contributed by atoms with Gasteiger partial charge in [-0.15, -0.1) is 0 Å². The second kappa shape index (κ2) is 9.22. The van der Waals surface area contributed by atoms with Gasteiger partial charge in [0.2, 0.25) is 0 Å². The molecule has 9 heteroatoms. The first kappa shape index (κ1) is 23.2. The van der Waals surface area contributed by atoms with Gasteiger partial charge in [0.15, 0.2) is 5.65 Å². The zero-order valence-corrected chi connectivity index (χ0v) is 21.4. The smallest absolute Gasteiger partial charge is 0.317 e. The molecule has 3 aromatic rings. The second-order valence-electron chi connectivity index (χ2n) is 8.83. The fourth-order valence-corrected chi connectivity index (χ4v) is 5.39. The Bertz CT molecular complexity index is 1380. The highest BCUT2D eigenvalue weighted by Gasteiger charge is 2.41. The predicted molar refractivity (Wildman–Crippen MR) is 145 cm³/mol. The number of amides is 2. The van der Waals surface area contributed by atoms with Gasteiger partial charge < -0.3 is 20.9 Å². The monoisotopic (exact) mass is 533 g/mol. The van der Waals surface area contributed by atoms with Gasteiger partial charge >= 0.3 is 6.03 Å². The zero-order chi connectivity index (χ0) is 24.7. The summed E-state index contributed by atoms with van der Waals surface area (Å²) in [5.74, 6) is 1.23. The number of nitrogens with one attached hydrogen (secondary N) is 1. The van der Waals surface area contributed by atoms with Crippen molar-refractivity contribution in [1.82, 2.24) is 24.8 Å². The third-order valence-electron chi connectivity index (χ3n) is 6.80. The molecule has 180 valence electrons. The fourth-order valence-electron chi connectivity index (χ4n) is 4.88. The van der Waals surface area contributed by atoms with Gasteiger partial charge in [-0.05, 0) is 52.1 Å². The minimum atomic E-state index is -0.0270. The van der Waals surface area contributed by atoms with Gasteiger partial charge in [0.25, 0.3) is 0 Å². The van der Waals surface area contributed by atoms with Crippen molar-refractivity contribution in [3.8, 4) is 0 Å². The van der Waals surface area contributed by atoms with Crippen molar-refractivity contribution in [3.05, 3.63) is 70.4 Å². The number of urea groups is 1. The van der Waals surface area contributed by atoms with Crippen LogP contribution in [0.2, 0.25) is 0 Å². The number of fused-ring (bicyclic) bond motifs is 2. The highest BCUT2D eigenvalue weighted by molar-refractivity contribution is 9.10. The van der Waals surface area contributed by atoms with E-state index in [0.29, 0.717) is 22.5 Å². The minimum absolute atomic E-state index is 0.0270. The summed E-state index contributed by atoms with van der Waals surface area (Å²) in [4.78, 5) is 21.1. The van der Waals surface area contributed by atoms with Crippen LogP contribution in [0, 0.1) is 0 Å². The maximum absolute atomic E-state index is 12.1. The van der Waals surface area contributed by atoms with Gasteiger partial charge in [0, 0.05) is 25.7 Å². The van der Waals surface area contributed by atoms with Crippen LogP contribution >= 0.6 is 15.9 Å². The first-order valence-electron chi connectivity index (χ1n) is 11.6. The van der Waals surface area contributed by atoms with E-state index < -0.39 is 0 Å². The van der Waals surface area contributed by atoms with E-state index in [-0.39, 0.29) is 18.1 Å². The molecule has 2 aliphatic heterocycles. The maximum Gasteiger partial charge on any atom is 0.317 e. The Morgan fingerprint density at radius 2 is 2.09 bits per heavy atom. The number of hydrogen-bond donors (Lipinski definition) is 2. The number of benzene rings is 1. The Kier molecular flexibility index (Phi) is 6.10. The topological polar surface area (TPSA) is 91.8 Å². The van der Waals surface area contributed by atoms with Crippen molar-refractivity contribution in [2.24, 2.45) is 0 Å². The number of allylic oxidation sites excluding steroid dienone is 3. The summed E-state index contributed by atoms with van der Waals surface area (Å²) in [5, 5.41) is 7.59. The fraction of sp³-hybridized carbons (Fsp3) is 0.269. The predicted octanol–water partition coefficient (Wildman–Crippen LogP) is 4.44. The molecule has 4 heterocycles. The number of carbonyl (C=O) groups is 1. The Hall–Kier alpha value is -3.59. The first-order chi connectivity index (χ1) is 16.9. The molecule has 0 bridgehead atoms. The van der Waals surface area contributed by atoms with Crippen molar-refractivity contribution in [3.63, 3.8) is 0 Å². The molecule has 2 amide bonds. The lowest BCUT2D eigenvalue weighted by atomic mass is 10.0. The van der Waals surface area contributed by atoms with Crippen LogP contribution in [0.3, 0.4) is 0 Å². The molecule has 2 atom stereocenters. The highest BCUT2D eigenvalue weighted by atomic mass is 79.9. The Balaban J connectivity index is 1.58. The number of carbonyl (C=O) groups excluding carboxylic acids is 1. The molecule has 1 aromatic carbocycles. The molecular weight excluding hydrogens is 506 g/mol. The van der Waals surface area contributed by atoms with Gasteiger partial charge in [-0.25, -0.2) is 9.78 Å². The molecule has 2 fully saturated rings. The molecule has 0 spiro atoms. The van der Waals surface area contributed by atoms with E-state index >= 15 is 0 Å². The van der Waals surface area contributed by atoms with Gasteiger partial charge in [-0.2, -0.15) is 9.61 Å². The molecule has 8 nitrogen and oxygen atoms in total. The van der Waals surface area contributed by atoms with E-state index in [9.17, 15) is 4.79 Å². The van der Waals surface area contributed by atoms with E-state index in [0.717, 1.165) is 41.0 Å². The maximum atomic E-state index is 12.1. The largest absolute Gasteiger partial charge is 0.383 e. The summed E-state index contributed by atoms with van der Waals surface area (Å²) >= 11 is 3.65. The number of nitrogens with two attached hydrogens (primary N) is 1. The third-order valence-corrected chi connectivity index (χ3v) is 7.56. The van der Waals surface area contributed by atoms with E-state index in [4.69, 9.17) is 10.7 Å². The number of nitrogen functional groups attached to an aromatic ring is 1. The van der Waals surface area contributed by atoms with Gasteiger partial charge in [0.05, 0.1) is 18.3 Å². The number of rotatable bonds is 5. The summed E-state index contributed by atoms with van der Waals surface area (Å²) in [6.45, 7) is 7.49. The summed E-state index contributed by atoms with van der Waals surface area (Å²) in [6.07, 6.45) is 10.6. The second-order valence-corrected chi connectivity index (χ2v) is 9.62. The van der Waals surface area contributed by atoms with Crippen LogP contribution in [0.5, 0.6) is 0 Å². The average Bonchev–Trinajstić information content (AvgIpc) is 3.41. The SMILES string of the molecule is C=C/C(=C\c1ccccc1/C=C/C)c1cnn2c(N)c(Br)c(N3CC[C@@H]4NC(=O)N(C)[C@@H]4C3)nc12. The van der Waals surface area contributed by atoms with Crippen molar-refractivity contribution in [2.45, 2.75) is 25.4 Å². The van der Waals surface area contributed by atoms with Crippen molar-refractivity contribution in [1.29, 1.82) is 0 Å². The van der Waals surface area contributed by atoms with Crippen LogP contribution in [0.15, 0.2) is 53.7 Å². The number of hydrogen-bond acceptors (Lipinski definition) is 5. The van der Waals surface area contributed by atoms with E-state index in [1.807, 2.05) is 38.3 Å². The molecule has 3 N–H and O–H groups in total. The molecule has 5 rings (SSSR count). The van der Waals surface area contributed by atoms with E-state index in [1.165, 1.54) is 0 Å². The van der Waals surface area contributed by atoms with Crippen LogP contribution in [0.1, 0.15) is 30.0 Å². The number of piperidine rings is 1. The van der Waals surface area contributed by atoms with Crippen molar-refractivity contribution >= 4 is 57.0 Å². The molecule has 0 unspecified atom stereocenters. The molecule has 2 aromatic heterocycles. The van der Waals surface area contributed by atoms with Crippen LogP contribution in [0.4, 0.5) is 16.4 Å². The zero-order valence-electron chi connectivity index (χ0n) is 19.8. The summed E-state index contributed by atoms with van der Waals surface area (Å²) in [7, 11) is 1.84. The number of likely N-dealkylation sites (N-methyl/N-ethyl adjacent to an activating group) is 1. The average molecular weight is 534 g/mol. The molecule has 2 aliphatic rings. The van der Waals surface area contributed by atoms with Gasteiger partial charge in [-0.1, -0.05) is 49.1 Å². The molecule has 0 radical (unpaired) electrons. The molecule has 35 heavy (non-hydrogen) atoms. The van der Waals surface area contributed by atoms with Crippen LogP contribution in [-0.2, 0) is 0 Å². The van der Waals surface area contributed by atoms with Crippen molar-refractivity contribution < 1.29 is 4.79 Å². The lowest BCUT2D eigenvalue weighted by Gasteiger charge is -2.37. The number of nitrogens with zero attached hydrogens (tertiary/aromatic N) is 5. The summed E-state index contributed by atoms with van der Waals surface area (Å²) in [5.41, 5.74) is 11.1. The minimum Gasteiger partial charge on any atom is -0.383 e. The normalized spacial score (nSPS) is 20.5. The first-order valence-corrected chi connectivity index (χ1v) is 12.4. The van der Waals surface area contributed by atoms with E-state index in [2.05, 4.69) is 62.1 Å². The van der Waals surface area contributed by atoms with Gasteiger partial charge in [0.1, 0.15) is 16.1 Å². The van der Waals surface area contributed by atoms with Gasteiger partial charge in [-0.3, -0.25) is 0 Å². The quantitative estimate of drug-likeness (QED) is 0.473. The number of aromatic nitrogens is 3. The number of anilines is 2.